The quantitative estimate of drug-likeness (QED) is 0.908. The highest BCUT2D eigenvalue weighted by Crippen LogP contribution is 2.23. The molecule has 0 saturated heterocycles. The predicted molar refractivity (Wildman–Crippen MR) is 66.3 cm³/mol. The molecule has 0 fully saturated rings. The van der Waals surface area contributed by atoms with Crippen molar-refractivity contribution in [1.82, 2.24) is 9.59 Å². The van der Waals surface area contributed by atoms with Crippen molar-refractivity contribution in [3.8, 4) is 0 Å². The van der Waals surface area contributed by atoms with Gasteiger partial charge in [0, 0.05) is 6.04 Å². The van der Waals surface area contributed by atoms with Crippen molar-refractivity contribution in [3.63, 3.8) is 0 Å². The van der Waals surface area contributed by atoms with Crippen molar-refractivity contribution in [2.75, 3.05) is 0 Å². The molecule has 90 valence electrons. The maximum absolute atomic E-state index is 13.5. The molecule has 0 aliphatic rings. The first-order chi connectivity index (χ1) is 8.22. The lowest BCUT2D eigenvalue weighted by molar-refractivity contribution is 0.594. The van der Waals surface area contributed by atoms with E-state index >= 15 is 0 Å². The van der Waals surface area contributed by atoms with Crippen LogP contribution in [0.15, 0.2) is 24.3 Å². The van der Waals surface area contributed by atoms with Gasteiger partial charge in [-0.3, -0.25) is 0 Å². The number of benzene rings is 1. The third-order valence-corrected chi connectivity index (χ3v) is 3.55. The Balaban J connectivity index is 2.17. The minimum Gasteiger partial charge on any atom is -0.323 e. The molecule has 2 rings (SSSR count). The van der Waals surface area contributed by atoms with Gasteiger partial charge in [0.15, 0.2) is 0 Å². The van der Waals surface area contributed by atoms with Crippen molar-refractivity contribution in [2.45, 2.75) is 25.8 Å². The maximum Gasteiger partial charge on any atom is 0.126 e. The Morgan fingerprint density at radius 3 is 2.88 bits per heavy atom. The van der Waals surface area contributed by atoms with Crippen LogP contribution in [0.1, 0.15) is 29.1 Å². The Morgan fingerprint density at radius 1 is 1.41 bits per heavy atom. The predicted octanol–water partition coefficient (Wildman–Crippen LogP) is 2.48. The average Bonchev–Trinajstić information content (AvgIpc) is 2.80. The van der Waals surface area contributed by atoms with Gasteiger partial charge >= 0.3 is 0 Å². The Labute approximate surface area is 104 Å². The lowest BCUT2D eigenvalue weighted by Crippen LogP contribution is -2.14. The number of aryl methyl sites for hydroxylation is 1. The fourth-order valence-corrected chi connectivity index (χ4v) is 2.47. The van der Waals surface area contributed by atoms with E-state index in [1.807, 2.05) is 13.0 Å². The molecule has 0 radical (unpaired) electrons. The number of hydrogen-bond acceptors (Lipinski definition) is 4. The van der Waals surface area contributed by atoms with E-state index in [-0.39, 0.29) is 11.9 Å². The van der Waals surface area contributed by atoms with Gasteiger partial charge in [-0.2, -0.15) is 0 Å². The number of hydrogen-bond donors (Lipinski definition) is 1. The fraction of sp³-hybridized carbons (Fsp3) is 0.333. The summed E-state index contributed by atoms with van der Waals surface area (Å²) in [7, 11) is 0. The summed E-state index contributed by atoms with van der Waals surface area (Å²) in [6.07, 6.45) is 1.28. The van der Waals surface area contributed by atoms with Gasteiger partial charge in [0.1, 0.15) is 5.82 Å². The first kappa shape index (κ1) is 12.1. The van der Waals surface area contributed by atoms with Crippen molar-refractivity contribution < 1.29 is 4.39 Å². The average molecular weight is 251 g/mol. The van der Waals surface area contributed by atoms with Crippen LogP contribution in [0.25, 0.3) is 0 Å². The molecule has 0 spiro atoms. The van der Waals surface area contributed by atoms with Gasteiger partial charge in [-0.15, -0.1) is 5.10 Å². The zero-order chi connectivity index (χ0) is 12.3. The van der Waals surface area contributed by atoms with Crippen LogP contribution in [0.2, 0.25) is 0 Å². The van der Waals surface area contributed by atoms with E-state index in [1.54, 1.807) is 12.1 Å². The molecule has 0 bridgehead atoms. The van der Waals surface area contributed by atoms with Gasteiger partial charge < -0.3 is 5.73 Å². The molecule has 5 heteroatoms. The summed E-state index contributed by atoms with van der Waals surface area (Å²) in [5.41, 5.74) is 7.63. The summed E-state index contributed by atoms with van der Waals surface area (Å²) >= 11 is 1.30. The highest BCUT2D eigenvalue weighted by molar-refractivity contribution is 7.05. The molecule has 1 unspecified atom stereocenters. The zero-order valence-corrected chi connectivity index (χ0v) is 10.4. The third kappa shape index (κ3) is 2.68. The highest BCUT2D eigenvalue weighted by atomic mass is 32.1. The largest absolute Gasteiger partial charge is 0.323 e. The first-order valence-electron chi connectivity index (χ1n) is 5.52. The van der Waals surface area contributed by atoms with Crippen LogP contribution in [0.3, 0.4) is 0 Å². The molecule has 1 heterocycles. The molecule has 0 saturated carbocycles. The molecular formula is C12H14FN3S. The van der Waals surface area contributed by atoms with Crippen molar-refractivity contribution in [1.29, 1.82) is 0 Å². The van der Waals surface area contributed by atoms with Crippen LogP contribution in [0.5, 0.6) is 0 Å². The van der Waals surface area contributed by atoms with Gasteiger partial charge in [0.25, 0.3) is 0 Å². The number of nitrogens with two attached hydrogens (primary N) is 1. The van der Waals surface area contributed by atoms with E-state index in [1.165, 1.54) is 17.6 Å². The van der Waals surface area contributed by atoms with Gasteiger partial charge in [0.05, 0.1) is 10.6 Å². The highest BCUT2D eigenvalue weighted by Gasteiger charge is 2.16. The zero-order valence-electron chi connectivity index (χ0n) is 9.56. The smallest absolute Gasteiger partial charge is 0.126 e. The van der Waals surface area contributed by atoms with Gasteiger partial charge in [-0.05, 0) is 36.0 Å². The van der Waals surface area contributed by atoms with Crippen LogP contribution in [-0.4, -0.2) is 9.59 Å². The number of halogens is 1. The summed E-state index contributed by atoms with van der Waals surface area (Å²) in [6, 6.07) is 6.47. The first-order valence-corrected chi connectivity index (χ1v) is 6.29. The molecule has 0 amide bonds. The van der Waals surface area contributed by atoms with Gasteiger partial charge in [-0.25, -0.2) is 4.39 Å². The molecule has 1 aromatic heterocycles. The van der Waals surface area contributed by atoms with E-state index in [0.717, 1.165) is 17.0 Å². The molecular weight excluding hydrogens is 237 g/mol. The third-order valence-electron chi connectivity index (χ3n) is 2.65. The standard InChI is InChI=1S/C12H14FN3S/c1-2-11-12(17-16-15-11)10(14)7-8-5-3-4-6-9(8)13/h3-6,10H,2,7,14H2,1H3. The number of nitrogens with zero attached hydrogens (tertiary/aromatic N) is 2. The van der Waals surface area contributed by atoms with E-state index in [4.69, 9.17) is 5.73 Å². The minimum absolute atomic E-state index is 0.210. The topological polar surface area (TPSA) is 51.8 Å². The van der Waals surface area contributed by atoms with Crippen LogP contribution in [0, 0.1) is 5.82 Å². The van der Waals surface area contributed by atoms with E-state index in [9.17, 15) is 4.39 Å². The van der Waals surface area contributed by atoms with Crippen LogP contribution < -0.4 is 5.73 Å². The lowest BCUT2D eigenvalue weighted by atomic mass is 10.0. The number of rotatable bonds is 4. The lowest BCUT2D eigenvalue weighted by Gasteiger charge is -2.10. The second-order valence-electron chi connectivity index (χ2n) is 3.84. The fourth-order valence-electron chi connectivity index (χ4n) is 1.74. The summed E-state index contributed by atoms with van der Waals surface area (Å²) in [6.45, 7) is 2.01. The van der Waals surface area contributed by atoms with E-state index in [2.05, 4.69) is 9.59 Å². The van der Waals surface area contributed by atoms with Crippen LogP contribution in [0.4, 0.5) is 4.39 Å². The minimum atomic E-state index is -0.234. The van der Waals surface area contributed by atoms with Crippen LogP contribution >= 0.6 is 11.5 Å². The van der Waals surface area contributed by atoms with Gasteiger partial charge in [-0.1, -0.05) is 29.6 Å². The second kappa shape index (κ2) is 5.33. The maximum atomic E-state index is 13.5. The Hall–Kier alpha value is -1.33. The molecule has 2 aromatic rings. The molecule has 17 heavy (non-hydrogen) atoms. The van der Waals surface area contributed by atoms with Crippen LogP contribution in [-0.2, 0) is 12.8 Å². The van der Waals surface area contributed by atoms with E-state index < -0.39 is 0 Å². The Morgan fingerprint density at radius 2 is 2.18 bits per heavy atom. The second-order valence-corrected chi connectivity index (χ2v) is 4.63. The summed E-state index contributed by atoms with van der Waals surface area (Å²) in [5.74, 6) is -0.210. The van der Waals surface area contributed by atoms with Gasteiger partial charge in [0.2, 0.25) is 0 Å². The van der Waals surface area contributed by atoms with Crippen molar-refractivity contribution in [3.05, 3.63) is 46.2 Å². The van der Waals surface area contributed by atoms with Crippen molar-refractivity contribution >= 4 is 11.5 Å². The molecule has 1 aromatic carbocycles. The molecule has 0 aliphatic heterocycles. The molecule has 1 atom stereocenters. The molecule has 3 nitrogen and oxygen atoms in total. The Bertz CT molecular complexity index is 498. The summed E-state index contributed by atoms with van der Waals surface area (Å²) in [4.78, 5) is 0.954. The normalized spacial score (nSPS) is 12.6. The monoisotopic (exact) mass is 251 g/mol. The SMILES string of the molecule is CCc1nnsc1C(N)Cc1ccccc1F. The molecule has 0 aliphatic carbocycles. The Kier molecular flexibility index (Phi) is 3.81. The van der Waals surface area contributed by atoms with Crippen molar-refractivity contribution in [2.24, 2.45) is 5.73 Å². The van der Waals surface area contributed by atoms with E-state index in [0.29, 0.717) is 12.0 Å². The number of aromatic nitrogens is 2. The summed E-state index contributed by atoms with van der Waals surface area (Å²) < 4.78 is 17.4. The summed E-state index contributed by atoms with van der Waals surface area (Å²) in [5, 5.41) is 4.01. The molecule has 2 N–H and O–H groups in total.